The minimum absolute atomic E-state index is 0.0324. The molecule has 2 aromatic rings. The molecule has 144 valence electrons. The van der Waals surface area contributed by atoms with Crippen LogP contribution >= 0.6 is 0 Å². The monoisotopic (exact) mass is 384 g/mol. The number of hydrogen-bond donors (Lipinski definition) is 0. The molecule has 3 fully saturated rings. The maximum absolute atomic E-state index is 14.2. The van der Waals surface area contributed by atoms with Crippen molar-refractivity contribution in [2.45, 2.75) is 31.7 Å². The highest BCUT2D eigenvalue weighted by Gasteiger charge is 2.73. The van der Waals surface area contributed by atoms with Gasteiger partial charge in [-0.1, -0.05) is 6.07 Å². The minimum atomic E-state index is -0.727. The van der Waals surface area contributed by atoms with Gasteiger partial charge in [-0.2, -0.15) is 5.10 Å². The van der Waals surface area contributed by atoms with Gasteiger partial charge >= 0.3 is 0 Å². The molecule has 1 atom stereocenters. The molecule has 0 spiro atoms. The summed E-state index contributed by atoms with van der Waals surface area (Å²) in [5.74, 6) is -0.999. The molecule has 3 saturated carbocycles. The van der Waals surface area contributed by atoms with Gasteiger partial charge in [-0.15, -0.1) is 0 Å². The number of nitrogens with zero attached hydrogens (tertiary/aromatic N) is 4. The van der Waals surface area contributed by atoms with Crippen LogP contribution in [-0.2, 0) is 4.79 Å². The van der Waals surface area contributed by atoms with Crippen LogP contribution in [0.4, 0.5) is 8.78 Å². The topological polar surface area (TPSA) is 67.7 Å². The number of hydrazone groups is 1. The van der Waals surface area contributed by atoms with Crippen LogP contribution in [0.15, 0.2) is 41.9 Å². The molecule has 4 aliphatic rings. The van der Waals surface area contributed by atoms with Crippen molar-refractivity contribution in [1.29, 1.82) is 0 Å². The predicted octanol–water partition coefficient (Wildman–Crippen LogP) is 3.26. The lowest BCUT2D eigenvalue weighted by Crippen LogP contribution is -2.69. The van der Waals surface area contributed by atoms with E-state index in [-0.39, 0.29) is 16.9 Å². The molecule has 2 heterocycles. The largest absolute Gasteiger partial charge is 0.476 e. The Morgan fingerprint density at radius 2 is 1.96 bits per heavy atom. The molecule has 8 heteroatoms. The van der Waals surface area contributed by atoms with Crippen LogP contribution in [0, 0.1) is 22.5 Å². The number of aromatic nitrogens is 2. The third-order valence-corrected chi connectivity index (χ3v) is 6.03. The van der Waals surface area contributed by atoms with Crippen molar-refractivity contribution in [3.05, 3.63) is 54.0 Å². The lowest BCUT2D eigenvalue weighted by molar-refractivity contribution is -0.227. The van der Waals surface area contributed by atoms with Crippen LogP contribution in [0.1, 0.15) is 37.3 Å². The van der Waals surface area contributed by atoms with E-state index in [9.17, 15) is 13.6 Å². The van der Waals surface area contributed by atoms with E-state index in [1.807, 2.05) is 0 Å². The SMILES string of the molecule is O=C(N1N=CCC1c1c(F)cccc1F)C12CC(COc3cnccn3)(C1)C2. The van der Waals surface area contributed by atoms with Crippen molar-refractivity contribution < 1.29 is 18.3 Å². The van der Waals surface area contributed by atoms with Gasteiger partial charge in [-0.3, -0.25) is 9.78 Å². The molecule has 3 aliphatic carbocycles. The Labute approximate surface area is 160 Å². The van der Waals surface area contributed by atoms with Gasteiger partial charge in [-0.25, -0.2) is 18.8 Å². The summed E-state index contributed by atoms with van der Waals surface area (Å²) in [6.07, 6.45) is 8.63. The second kappa shape index (κ2) is 6.05. The highest BCUT2D eigenvalue weighted by Crippen LogP contribution is 2.74. The molecule has 0 N–H and O–H groups in total. The Hall–Kier alpha value is -2.90. The van der Waals surface area contributed by atoms with Gasteiger partial charge in [0.15, 0.2) is 0 Å². The third kappa shape index (κ3) is 2.51. The number of halogens is 2. The van der Waals surface area contributed by atoms with E-state index >= 15 is 0 Å². The van der Waals surface area contributed by atoms with Crippen LogP contribution in [0.3, 0.4) is 0 Å². The normalized spacial score (nSPS) is 29.9. The van der Waals surface area contributed by atoms with E-state index < -0.39 is 23.1 Å². The first-order chi connectivity index (χ1) is 13.5. The van der Waals surface area contributed by atoms with Gasteiger partial charge in [0.1, 0.15) is 11.6 Å². The summed E-state index contributed by atoms with van der Waals surface area (Å²) in [7, 11) is 0. The molecular formula is C20H18F2N4O2. The number of carbonyl (C=O) groups is 1. The lowest BCUT2D eigenvalue weighted by atomic mass is 9.35. The fourth-order valence-electron chi connectivity index (χ4n) is 4.89. The molecular weight excluding hydrogens is 366 g/mol. The van der Waals surface area contributed by atoms with Gasteiger partial charge in [0.25, 0.3) is 0 Å². The molecule has 1 aliphatic heterocycles. The van der Waals surface area contributed by atoms with Crippen molar-refractivity contribution >= 4 is 12.1 Å². The Morgan fingerprint density at radius 1 is 1.21 bits per heavy atom. The summed E-state index contributed by atoms with van der Waals surface area (Å²) < 4.78 is 34.1. The zero-order chi connectivity index (χ0) is 19.4. The fourth-order valence-corrected chi connectivity index (χ4v) is 4.89. The predicted molar refractivity (Wildman–Crippen MR) is 95.3 cm³/mol. The summed E-state index contributed by atoms with van der Waals surface area (Å²) >= 11 is 0. The maximum atomic E-state index is 14.2. The maximum Gasteiger partial charge on any atom is 0.249 e. The van der Waals surface area contributed by atoms with E-state index in [0.29, 0.717) is 38.2 Å². The molecule has 1 aromatic carbocycles. The Balaban J connectivity index is 1.26. The Morgan fingerprint density at radius 3 is 2.64 bits per heavy atom. The zero-order valence-corrected chi connectivity index (χ0v) is 15.0. The average Bonchev–Trinajstić information content (AvgIpc) is 3.09. The molecule has 1 unspecified atom stereocenters. The first-order valence-corrected chi connectivity index (χ1v) is 9.21. The molecule has 1 amide bonds. The highest BCUT2D eigenvalue weighted by atomic mass is 19.1. The van der Waals surface area contributed by atoms with Gasteiger partial charge < -0.3 is 4.74 Å². The standard InChI is InChI=1S/C20H18F2N4O2/c21-13-2-1-3-14(22)17(13)15-4-5-25-26(15)18(27)20-9-19(10-20,11-20)12-28-16-8-23-6-7-24-16/h1-3,5-8,15H,4,9-12H2. The number of ether oxygens (including phenoxy) is 1. The average molecular weight is 384 g/mol. The van der Waals surface area contributed by atoms with Crippen LogP contribution < -0.4 is 4.74 Å². The second-order valence-corrected chi connectivity index (χ2v) is 7.98. The summed E-state index contributed by atoms with van der Waals surface area (Å²) in [6, 6.07) is 3.01. The first kappa shape index (κ1) is 17.2. The molecule has 6 rings (SSSR count). The van der Waals surface area contributed by atoms with E-state index in [4.69, 9.17) is 4.74 Å². The van der Waals surface area contributed by atoms with Crippen molar-refractivity contribution in [3.8, 4) is 5.88 Å². The van der Waals surface area contributed by atoms with Crippen molar-refractivity contribution in [2.24, 2.45) is 15.9 Å². The van der Waals surface area contributed by atoms with E-state index in [0.717, 1.165) is 0 Å². The molecule has 0 radical (unpaired) electrons. The quantitative estimate of drug-likeness (QED) is 0.794. The minimum Gasteiger partial charge on any atom is -0.476 e. The summed E-state index contributed by atoms with van der Waals surface area (Å²) in [5, 5.41) is 5.41. The van der Waals surface area contributed by atoms with Crippen molar-refractivity contribution in [2.75, 3.05) is 6.61 Å². The first-order valence-electron chi connectivity index (χ1n) is 9.21. The molecule has 1 aromatic heterocycles. The van der Waals surface area contributed by atoms with Crippen molar-refractivity contribution in [1.82, 2.24) is 15.0 Å². The van der Waals surface area contributed by atoms with Gasteiger partial charge in [0, 0.05) is 36.0 Å². The fraction of sp³-hybridized carbons (Fsp3) is 0.400. The van der Waals surface area contributed by atoms with E-state index in [1.165, 1.54) is 23.2 Å². The van der Waals surface area contributed by atoms with Gasteiger partial charge in [0.2, 0.25) is 11.8 Å². The molecule has 2 bridgehead atoms. The number of carbonyl (C=O) groups excluding carboxylic acids is 1. The second-order valence-electron chi connectivity index (χ2n) is 7.98. The van der Waals surface area contributed by atoms with Gasteiger partial charge in [-0.05, 0) is 31.4 Å². The van der Waals surface area contributed by atoms with Crippen LogP contribution in [0.2, 0.25) is 0 Å². The Kier molecular flexibility index (Phi) is 3.72. The van der Waals surface area contributed by atoms with E-state index in [1.54, 1.807) is 24.8 Å². The van der Waals surface area contributed by atoms with Crippen molar-refractivity contribution in [3.63, 3.8) is 0 Å². The smallest absolute Gasteiger partial charge is 0.249 e. The van der Waals surface area contributed by atoms with Crippen LogP contribution in [-0.4, -0.2) is 33.7 Å². The van der Waals surface area contributed by atoms with Crippen LogP contribution in [0.5, 0.6) is 5.88 Å². The highest BCUT2D eigenvalue weighted by molar-refractivity contribution is 5.88. The number of hydrogen-bond acceptors (Lipinski definition) is 5. The lowest BCUT2D eigenvalue weighted by Gasteiger charge is -2.69. The summed E-state index contributed by atoms with van der Waals surface area (Å²) in [5.41, 5.74) is -0.622. The number of amides is 1. The summed E-state index contributed by atoms with van der Waals surface area (Å²) in [4.78, 5) is 21.2. The van der Waals surface area contributed by atoms with E-state index in [2.05, 4.69) is 15.1 Å². The third-order valence-electron chi connectivity index (χ3n) is 6.03. The van der Waals surface area contributed by atoms with Crippen LogP contribution in [0.25, 0.3) is 0 Å². The molecule has 0 saturated heterocycles. The zero-order valence-electron chi connectivity index (χ0n) is 15.0. The number of benzene rings is 1. The summed E-state index contributed by atoms with van der Waals surface area (Å²) in [6.45, 7) is 0.482. The molecule has 28 heavy (non-hydrogen) atoms. The Bertz CT molecular complexity index is 926. The van der Waals surface area contributed by atoms with Gasteiger partial charge in [0.05, 0.1) is 24.3 Å². The number of rotatable bonds is 5. The molecule has 6 nitrogen and oxygen atoms in total.